The summed E-state index contributed by atoms with van der Waals surface area (Å²) in [7, 11) is 0. The fraction of sp³-hybridized carbons (Fsp3) is 0.156. The van der Waals surface area contributed by atoms with Gasteiger partial charge in [-0.15, -0.1) is 0 Å². The number of hydrogen-bond acceptors (Lipinski definition) is 4. The number of pyridine rings is 3. The number of hydrogen-bond donors (Lipinski definition) is 0. The minimum Gasteiger partial charge on any atom is -0.494 e. The molecule has 0 saturated carbocycles. The van der Waals surface area contributed by atoms with Crippen LogP contribution < -0.4 is 4.74 Å². The molecule has 0 aliphatic rings. The van der Waals surface area contributed by atoms with E-state index in [-0.39, 0.29) is 30.0 Å². The van der Waals surface area contributed by atoms with Gasteiger partial charge in [0.2, 0.25) is 0 Å². The Balaban J connectivity index is 1.66. The topological polar surface area (TPSA) is 47.9 Å². The van der Waals surface area contributed by atoms with Crippen molar-refractivity contribution in [1.29, 1.82) is 0 Å². The summed E-state index contributed by atoms with van der Waals surface area (Å²) in [5.41, 5.74) is -1.39. The molecule has 0 aliphatic heterocycles. The lowest BCUT2D eigenvalue weighted by Crippen LogP contribution is -2.34. The van der Waals surface area contributed by atoms with E-state index in [2.05, 4.69) is 9.97 Å². The fourth-order valence-electron chi connectivity index (χ4n) is 4.79. The molecule has 2 aromatic carbocycles. The van der Waals surface area contributed by atoms with Gasteiger partial charge in [0.25, 0.3) is 0 Å². The number of halogens is 5. The van der Waals surface area contributed by atoms with Gasteiger partial charge < -0.3 is 4.74 Å². The van der Waals surface area contributed by atoms with Crippen molar-refractivity contribution in [3.8, 4) is 17.0 Å². The molecule has 0 radical (unpaired) electrons. The van der Waals surface area contributed by atoms with Crippen molar-refractivity contribution in [3.63, 3.8) is 0 Å². The van der Waals surface area contributed by atoms with Crippen LogP contribution in [0.4, 0.5) is 22.0 Å². The molecule has 1 atom stereocenters. The number of benzene rings is 2. The molecule has 4 nitrogen and oxygen atoms in total. The minimum atomic E-state index is -4.69. The zero-order valence-corrected chi connectivity index (χ0v) is 21.7. The highest BCUT2D eigenvalue weighted by atomic mass is 19.4. The van der Waals surface area contributed by atoms with Gasteiger partial charge in [-0.05, 0) is 73.5 Å². The first kappa shape index (κ1) is 27.9. The van der Waals surface area contributed by atoms with Gasteiger partial charge >= 0.3 is 6.18 Å². The molecule has 0 spiro atoms. The summed E-state index contributed by atoms with van der Waals surface area (Å²) in [5, 5.41) is 0. The second-order valence-corrected chi connectivity index (χ2v) is 9.32. The third kappa shape index (κ3) is 6.09. The van der Waals surface area contributed by atoms with E-state index in [9.17, 15) is 22.0 Å². The number of aromatic nitrogens is 3. The van der Waals surface area contributed by atoms with Crippen molar-refractivity contribution < 1.29 is 26.7 Å². The molecule has 0 bridgehead atoms. The van der Waals surface area contributed by atoms with Gasteiger partial charge in [0.15, 0.2) is 0 Å². The van der Waals surface area contributed by atoms with Gasteiger partial charge in [-0.2, -0.15) is 13.2 Å². The average Bonchev–Trinajstić information content (AvgIpc) is 2.98. The molecule has 0 fully saturated rings. The summed E-state index contributed by atoms with van der Waals surface area (Å²) in [4.78, 5) is 13.3. The second-order valence-electron chi connectivity index (χ2n) is 9.32. The van der Waals surface area contributed by atoms with Crippen molar-refractivity contribution in [2.75, 3.05) is 6.61 Å². The third-order valence-corrected chi connectivity index (χ3v) is 6.68. The maximum atomic E-state index is 14.8. The van der Waals surface area contributed by atoms with Crippen LogP contribution in [0, 0.1) is 11.6 Å². The van der Waals surface area contributed by atoms with Crippen LogP contribution in [-0.4, -0.2) is 21.6 Å². The van der Waals surface area contributed by atoms with Gasteiger partial charge in [0.05, 0.1) is 34.8 Å². The number of rotatable bonds is 9. The number of para-hydroxylation sites is 1. The molecular formula is C32H24F5N3O. The maximum Gasteiger partial charge on any atom is 0.433 e. The molecule has 5 rings (SSSR count). The van der Waals surface area contributed by atoms with E-state index in [0.29, 0.717) is 23.6 Å². The second kappa shape index (κ2) is 11.8. The van der Waals surface area contributed by atoms with Gasteiger partial charge in [-0.1, -0.05) is 36.4 Å². The van der Waals surface area contributed by atoms with Gasteiger partial charge in [-0.3, -0.25) is 9.97 Å². The Morgan fingerprint density at radius 3 is 2.05 bits per heavy atom. The molecule has 0 N–H and O–H groups in total. The van der Waals surface area contributed by atoms with Crippen LogP contribution in [0.25, 0.3) is 11.3 Å². The van der Waals surface area contributed by atoms with E-state index in [0.717, 1.165) is 18.2 Å². The highest BCUT2D eigenvalue weighted by molar-refractivity contribution is 5.61. The van der Waals surface area contributed by atoms with Crippen LogP contribution in [-0.2, 0) is 11.6 Å². The van der Waals surface area contributed by atoms with Gasteiger partial charge in [-0.25, -0.2) is 13.8 Å². The SMILES string of the molecule is Fc1ccc(-c2cccc(C(CCCOc3ccccc3)(c3ccccn3)c3cccc(C(F)(F)F)n3)n2)c(F)c1. The maximum absolute atomic E-state index is 14.8. The van der Waals surface area contributed by atoms with E-state index in [1.165, 1.54) is 18.2 Å². The zero-order valence-electron chi connectivity index (χ0n) is 21.7. The molecule has 0 aliphatic carbocycles. The summed E-state index contributed by atoms with van der Waals surface area (Å²) in [6.45, 7) is 0.254. The molecular weight excluding hydrogens is 537 g/mol. The lowest BCUT2D eigenvalue weighted by atomic mass is 9.73. The Morgan fingerprint density at radius 2 is 1.34 bits per heavy atom. The Hall–Kier alpha value is -4.66. The number of nitrogens with zero attached hydrogens (tertiary/aromatic N) is 3. The third-order valence-electron chi connectivity index (χ3n) is 6.68. The van der Waals surface area contributed by atoms with E-state index in [1.807, 2.05) is 30.3 Å². The van der Waals surface area contributed by atoms with Gasteiger partial charge in [0, 0.05) is 17.8 Å². The van der Waals surface area contributed by atoms with Crippen LogP contribution in [0.2, 0.25) is 0 Å². The molecule has 0 amide bonds. The first-order valence-corrected chi connectivity index (χ1v) is 12.8. The number of alkyl halides is 3. The first-order valence-electron chi connectivity index (χ1n) is 12.8. The largest absolute Gasteiger partial charge is 0.494 e. The highest BCUT2D eigenvalue weighted by Gasteiger charge is 2.42. The lowest BCUT2D eigenvalue weighted by molar-refractivity contribution is -0.141. The normalized spacial score (nSPS) is 13.0. The van der Waals surface area contributed by atoms with Crippen LogP contribution in [0.5, 0.6) is 5.75 Å². The monoisotopic (exact) mass is 561 g/mol. The van der Waals surface area contributed by atoms with Crippen molar-refractivity contribution in [2.24, 2.45) is 0 Å². The minimum absolute atomic E-state index is 0.0487. The molecule has 41 heavy (non-hydrogen) atoms. The number of ether oxygens (including phenoxy) is 1. The van der Waals surface area contributed by atoms with Crippen LogP contribution in [0.15, 0.2) is 109 Å². The van der Waals surface area contributed by atoms with Crippen molar-refractivity contribution in [3.05, 3.63) is 144 Å². The Bertz CT molecular complexity index is 1610. The molecule has 3 aromatic heterocycles. The molecule has 5 aromatic rings. The quantitative estimate of drug-likeness (QED) is 0.135. The van der Waals surface area contributed by atoms with Gasteiger partial charge in [0.1, 0.15) is 23.1 Å². The average molecular weight is 562 g/mol. The molecule has 1 unspecified atom stereocenters. The lowest BCUT2D eigenvalue weighted by Gasteiger charge is -2.33. The van der Waals surface area contributed by atoms with Crippen molar-refractivity contribution in [1.82, 2.24) is 15.0 Å². The zero-order chi connectivity index (χ0) is 28.9. The Morgan fingerprint density at radius 1 is 0.659 bits per heavy atom. The van der Waals surface area contributed by atoms with E-state index in [4.69, 9.17) is 9.72 Å². The summed E-state index contributed by atoms with van der Waals surface area (Å²) < 4.78 is 75.8. The highest BCUT2D eigenvalue weighted by Crippen LogP contribution is 2.42. The van der Waals surface area contributed by atoms with Crippen molar-refractivity contribution in [2.45, 2.75) is 24.4 Å². The van der Waals surface area contributed by atoms with Crippen LogP contribution >= 0.6 is 0 Å². The predicted octanol–water partition coefficient (Wildman–Crippen LogP) is 8.03. The molecule has 9 heteroatoms. The predicted molar refractivity (Wildman–Crippen MR) is 144 cm³/mol. The van der Waals surface area contributed by atoms with E-state index < -0.39 is 28.9 Å². The standard InChI is InChI=1S/C32H24F5N3O/c33-22-16-17-24(25(34)21-22)26-11-6-13-28(39-26)31(27-12-4-5-19-38-27,18-8-20-41-23-9-2-1-3-10-23)29-14-7-15-30(40-29)32(35,36)37/h1-7,9-17,19,21H,8,18,20H2. The summed E-state index contributed by atoms with van der Waals surface area (Å²) >= 11 is 0. The summed E-state index contributed by atoms with van der Waals surface area (Å²) in [6, 6.07) is 26.0. The Kier molecular flexibility index (Phi) is 8.05. The van der Waals surface area contributed by atoms with E-state index >= 15 is 0 Å². The smallest absolute Gasteiger partial charge is 0.433 e. The van der Waals surface area contributed by atoms with E-state index in [1.54, 1.807) is 42.6 Å². The molecule has 3 heterocycles. The van der Waals surface area contributed by atoms with Crippen molar-refractivity contribution >= 4 is 0 Å². The molecule has 0 saturated heterocycles. The summed E-state index contributed by atoms with van der Waals surface area (Å²) in [5.74, 6) is -0.900. The first-order chi connectivity index (χ1) is 19.8. The van der Waals surface area contributed by atoms with Crippen LogP contribution in [0.1, 0.15) is 35.6 Å². The fourth-order valence-corrected chi connectivity index (χ4v) is 4.79. The van der Waals surface area contributed by atoms with Crippen LogP contribution in [0.3, 0.4) is 0 Å². The summed E-state index contributed by atoms with van der Waals surface area (Å²) in [6.07, 6.45) is -2.54. The Labute approximate surface area is 233 Å². The molecule has 208 valence electrons.